The molecule has 10 heavy (non-hydrogen) atoms. The van der Waals surface area contributed by atoms with Crippen LogP contribution in [-0.4, -0.2) is 17.2 Å². The highest BCUT2D eigenvalue weighted by Gasteiger charge is 2.08. The van der Waals surface area contributed by atoms with Crippen molar-refractivity contribution in [1.82, 2.24) is 0 Å². The van der Waals surface area contributed by atoms with Crippen molar-refractivity contribution in [3.63, 3.8) is 0 Å². The summed E-state index contributed by atoms with van der Waals surface area (Å²) in [7, 11) is -1.41. The molecule has 0 aromatic heterocycles. The van der Waals surface area contributed by atoms with Gasteiger partial charge in [-0.3, -0.25) is 0 Å². The van der Waals surface area contributed by atoms with E-state index in [0.29, 0.717) is 10.5 Å². The van der Waals surface area contributed by atoms with Crippen LogP contribution in [0.2, 0.25) is 5.02 Å². The maximum atomic E-state index is 8.63. The molecule has 52 valence electrons. The second-order valence-electron chi connectivity index (χ2n) is 1.93. The lowest BCUT2D eigenvalue weighted by atomic mass is 10.1. The first-order valence-corrected chi connectivity index (χ1v) is 3.19. The Hall–Kier alpha value is -0.505. The van der Waals surface area contributed by atoms with Crippen molar-refractivity contribution in [1.29, 1.82) is 0 Å². The molecular weight excluding hydrogens is 156 g/mol. The van der Waals surface area contributed by atoms with Crippen LogP contribution in [0.3, 0.4) is 0 Å². The van der Waals surface area contributed by atoms with Crippen LogP contribution in [0, 0.1) is 0 Å². The molecule has 0 unspecified atom stereocenters. The van der Waals surface area contributed by atoms with E-state index >= 15 is 0 Å². The molecule has 0 aliphatic rings. The molecule has 0 aliphatic carbocycles. The van der Waals surface area contributed by atoms with E-state index in [-0.39, 0.29) is 0 Å². The number of benzene rings is 1. The topological polar surface area (TPSA) is 40.5 Å². The molecule has 1 rings (SSSR count). The van der Waals surface area contributed by atoms with Crippen molar-refractivity contribution in [3.05, 3.63) is 29.3 Å². The van der Waals surface area contributed by atoms with Gasteiger partial charge in [-0.1, -0.05) is 23.7 Å². The van der Waals surface area contributed by atoms with Gasteiger partial charge in [-0.2, -0.15) is 0 Å². The monoisotopic (exact) mass is 162 g/mol. The highest BCUT2D eigenvalue weighted by Crippen LogP contribution is 2.03. The molecule has 0 spiro atoms. The predicted molar refractivity (Wildman–Crippen MR) is 41.3 cm³/mol. The highest BCUT2D eigenvalue weighted by atomic mass is 35.5. The smallest absolute Gasteiger partial charge is 0.423 e. The standard InChI is InChI=1S/C6H6BClO2/c8-6-3-1-5(2-4-6)7(9)10/h1-4,9-10H/i1+1,2+1,3+1,4+1,5+1,6+1. The van der Waals surface area contributed by atoms with E-state index in [1.165, 1.54) is 0 Å². The first-order valence-electron chi connectivity index (χ1n) is 2.82. The summed E-state index contributed by atoms with van der Waals surface area (Å²) < 4.78 is 0. The molecule has 1 aromatic carbocycles. The Balaban J connectivity index is 2.89. The van der Waals surface area contributed by atoms with Crippen LogP contribution < -0.4 is 5.46 Å². The van der Waals surface area contributed by atoms with E-state index in [1.807, 2.05) is 0 Å². The van der Waals surface area contributed by atoms with Gasteiger partial charge in [0, 0.05) is 5.02 Å². The van der Waals surface area contributed by atoms with E-state index in [0.717, 1.165) is 0 Å². The lowest BCUT2D eigenvalue weighted by molar-refractivity contribution is 0.426. The van der Waals surface area contributed by atoms with Crippen LogP contribution in [0.25, 0.3) is 0 Å². The van der Waals surface area contributed by atoms with Crippen molar-refractivity contribution in [3.8, 4) is 0 Å². The quantitative estimate of drug-likeness (QED) is 0.572. The van der Waals surface area contributed by atoms with Crippen molar-refractivity contribution in [2.75, 3.05) is 0 Å². The summed E-state index contributed by atoms with van der Waals surface area (Å²) in [4.78, 5) is 0. The number of halogens is 1. The second-order valence-corrected chi connectivity index (χ2v) is 2.36. The van der Waals surface area contributed by atoms with Gasteiger partial charge < -0.3 is 10.0 Å². The average molecular weight is 162 g/mol. The molecule has 2 N–H and O–H groups in total. The van der Waals surface area contributed by atoms with Gasteiger partial charge in [0.15, 0.2) is 0 Å². The van der Waals surface area contributed by atoms with Crippen LogP contribution in [0.5, 0.6) is 0 Å². The van der Waals surface area contributed by atoms with E-state index in [2.05, 4.69) is 0 Å². The summed E-state index contributed by atoms with van der Waals surface area (Å²) in [5.74, 6) is 0. The highest BCUT2D eigenvalue weighted by molar-refractivity contribution is 6.58. The molecule has 0 radical (unpaired) electrons. The molecule has 0 saturated carbocycles. The van der Waals surface area contributed by atoms with E-state index < -0.39 is 7.12 Å². The third kappa shape index (κ3) is 1.74. The number of hydrogen-bond acceptors (Lipinski definition) is 2. The largest absolute Gasteiger partial charge is 0.488 e. The second kappa shape index (κ2) is 3.06. The third-order valence-corrected chi connectivity index (χ3v) is 1.42. The van der Waals surface area contributed by atoms with Gasteiger partial charge in [-0.25, -0.2) is 0 Å². The minimum atomic E-state index is -1.41. The maximum absolute atomic E-state index is 8.63. The Kier molecular flexibility index (Phi) is 2.32. The molecule has 0 heterocycles. The summed E-state index contributed by atoms with van der Waals surface area (Å²) >= 11 is 5.55. The molecule has 0 amide bonds. The SMILES string of the molecule is OB(O)[13c]1[13cH][13cH][13c](Cl)[13cH][13cH]1. The van der Waals surface area contributed by atoms with Gasteiger partial charge in [-0.05, 0) is 17.6 Å². The Morgan fingerprint density at radius 2 is 1.60 bits per heavy atom. The van der Waals surface area contributed by atoms with E-state index in [1.54, 1.807) is 24.3 Å². The molecule has 1 aromatic rings. The van der Waals surface area contributed by atoms with Crippen LogP contribution in [0.1, 0.15) is 0 Å². The summed E-state index contributed by atoms with van der Waals surface area (Å²) in [5, 5.41) is 17.8. The summed E-state index contributed by atoms with van der Waals surface area (Å²) in [6, 6.07) is 6.34. The lowest BCUT2D eigenvalue weighted by Crippen LogP contribution is -2.29. The first-order chi connectivity index (χ1) is 4.70. The Labute approximate surface area is 64.2 Å². The van der Waals surface area contributed by atoms with Crippen molar-refractivity contribution in [2.24, 2.45) is 0 Å². The molecule has 2 nitrogen and oxygen atoms in total. The Bertz CT molecular complexity index is 209. The zero-order valence-electron chi connectivity index (χ0n) is 5.16. The number of rotatable bonds is 1. The van der Waals surface area contributed by atoms with Gasteiger partial charge in [0.1, 0.15) is 0 Å². The zero-order chi connectivity index (χ0) is 7.56. The first kappa shape index (κ1) is 7.60. The van der Waals surface area contributed by atoms with Crippen LogP contribution in [-0.2, 0) is 0 Å². The van der Waals surface area contributed by atoms with Gasteiger partial charge in [0.25, 0.3) is 0 Å². The van der Waals surface area contributed by atoms with Gasteiger partial charge in [0.05, 0.1) is 0 Å². The van der Waals surface area contributed by atoms with Crippen molar-refractivity contribution < 1.29 is 10.0 Å². The van der Waals surface area contributed by atoms with Gasteiger partial charge >= 0.3 is 7.12 Å². The van der Waals surface area contributed by atoms with Crippen molar-refractivity contribution in [2.45, 2.75) is 0 Å². The molecule has 0 saturated heterocycles. The fourth-order valence-electron chi connectivity index (χ4n) is 0.635. The predicted octanol–water partition coefficient (Wildman–Crippen LogP) is 0.0198. The molecule has 4 heteroatoms. The minimum Gasteiger partial charge on any atom is -0.423 e. The maximum Gasteiger partial charge on any atom is 0.488 e. The summed E-state index contributed by atoms with van der Waals surface area (Å²) in [6.07, 6.45) is 0. The molecule has 0 atom stereocenters. The normalized spacial score (nSPS) is 9.50. The molecular formula is C6H6BClO2. The van der Waals surface area contributed by atoms with E-state index in [4.69, 9.17) is 21.6 Å². The third-order valence-electron chi connectivity index (χ3n) is 1.17. The van der Waals surface area contributed by atoms with Crippen LogP contribution >= 0.6 is 11.6 Å². The fraction of sp³-hybridized carbons (Fsp3) is 0. The molecule has 0 fully saturated rings. The molecule has 0 aliphatic heterocycles. The number of hydrogen-bond donors (Lipinski definition) is 2. The summed E-state index contributed by atoms with van der Waals surface area (Å²) in [5.41, 5.74) is 0.449. The van der Waals surface area contributed by atoms with Crippen LogP contribution in [0.15, 0.2) is 24.3 Å². The Morgan fingerprint density at radius 3 is 2.00 bits per heavy atom. The van der Waals surface area contributed by atoms with Gasteiger partial charge in [0.2, 0.25) is 0 Å². The minimum absolute atomic E-state index is 0.449. The zero-order valence-corrected chi connectivity index (χ0v) is 5.92. The van der Waals surface area contributed by atoms with Crippen LogP contribution in [0.4, 0.5) is 0 Å². The summed E-state index contributed by atoms with van der Waals surface area (Å²) in [6.45, 7) is 0. The fourth-order valence-corrected chi connectivity index (χ4v) is 0.761. The molecule has 0 bridgehead atoms. The van der Waals surface area contributed by atoms with E-state index in [9.17, 15) is 0 Å². The average Bonchev–Trinajstić information content (AvgIpc) is 1.88. The Morgan fingerprint density at radius 1 is 1.10 bits per heavy atom. The lowest BCUT2D eigenvalue weighted by Gasteiger charge is -1.96. The van der Waals surface area contributed by atoms with Crippen molar-refractivity contribution >= 4 is 24.2 Å². The van der Waals surface area contributed by atoms with Gasteiger partial charge in [-0.15, -0.1) is 0 Å².